The molecule has 7 nitrogen and oxygen atoms in total. The van der Waals surface area contributed by atoms with Gasteiger partial charge < -0.3 is 15.8 Å². The molecular weight excluding hydrogens is 380 g/mol. The Morgan fingerprint density at radius 3 is 2.76 bits per heavy atom. The number of hydrogen-bond acceptors (Lipinski definition) is 8. The average molecular weight is 399 g/mol. The molecule has 0 radical (unpaired) electrons. The van der Waals surface area contributed by atoms with Crippen molar-refractivity contribution in [1.29, 1.82) is 0 Å². The Kier molecular flexibility index (Phi) is 7.53. The molecule has 3 N–H and O–H groups in total. The number of nitrogens with zero attached hydrogens (tertiary/aromatic N) is 2. The number of rotatable bonds is 9. The molecule has 2 amide bonds. The van der Waals surface area contributed by atoms with Gasteiger partial charge in [0.15, 0.2) is 8.68 Å². The molecule has 0 aliphatic rings. The third kappa shape index (κ3) is 6.22. The van der Waals surface area contributed by atoms with Gasteiger partial charge in [-0.15, -0.1) is 10.2 Å². The summed E-state index contributed by atoms with van der Waals surface area (Å²) in [6.07, 6.45) is 0. The molecule has 0 bridgehead atoms. The van der Waals surface area contributed by atoms with E-state index in [-0.39, 0.29) is 16.9 Å². The topological polar surface area (TPSA) is 107 Å². The van der Waals surface area contributed by atoms with Crippen molar-refractivity contribution in [3.05, 3.63) is 24.3 Å². The minimum atomic E-state index is -0.407. The third-order valence-electron chi connectivity index (χ3n) is 2.82. The fourth-order valence-corrected chi connectivity index (χ4v) is 4.63. The van der Waals surface area contributed by atoms with E-state index in [1.807, 2.05) is 25.1 Å². The number of carbonyl (C=O) groups is 2. The first-order valence-electron chi connectivity index (χ1n) is 7.43. The van der Waals surface area contributed by atoms with Crippen molar-refractivity contribution in [2.24, 2.45) is 5.73 Å². The van der Waals surface area contributed by atoms with Gasteiger partial charge in [-0.25, -0.2) is 0 Å². The van der Waals surface area contributed by atoms with Crippen LogP contribution in [0.4, 0.5) is 5.69 Å². The van der Waals surface area contributed by atoms with Crippen LogP contribution < -0.4 is 15.8 Å². The molecule has 1 unspecified atom stereocenters. The van der Waals surface area contributed by atoms with E-state index in [2.05, 4.69) is 15.5 Å². The first-order chi connectivity index (χ1) is 12.0. The fraction of sp³-hybridized carbons (Fsp3) is 0.333. The molecule has 1 aromatic carbocycles. The zero-order valence-electron chi connectivity index (χ0n) is 13.7. The molecule has 25 heavy (non-hydrogen) atoms. The van der Waals surface area contributed by atoms with E-state index in [9.17, 15) is 9.59 Å². The molecule has 10 heteroatoms. The summed E-state index contributed by atoms with van der Waals surface area (Å²) < 4.78 is 6.81. The Labute approximate surface area is 158 Å². The molecule has 2 aromatic rings. The van der Waals surface area contributed by atoms with E-state index >= 15 is 0 Å². The highest BCUT2D eigenvalue weighted by molar-refractivity contribution is 8.04. The Hall–Kier alpha value is -1.78. The maximum atomic E-state index is 12.4. The van der Waals surface area contributed by atoms with Gasteiger partial charge in [0.05, 0.1) is 23.3 Å². The van der Waals surface area contributed by atoms with Gasteiger partial charge in [0, 0.05) is 0 Å². The van der Waals surface area contributed by atoms with Crippen molar-refractivity contribution in [3.8, 4) is 5.75 Å². The second-order valence-electron chi connectivity index (χ2n) is 4.77. The molecule has 0 aliphatic carbocycles. The summed E-state index contributed by atoms with van der Waals surface area (Å²) in [5.41, 5.74) is 5.74. The quantitative estimate of drug-likeness (QED) is 0.625. The van der Waals surface area contributed by atoms with Crippen molar-refractivity contribution in [3.63, 3.8) is 0 Å². The molecule has 1 aromatic heterocycles. The number of nitrogens with two attached hydrogens (primary N) is 1. The normalized spacial score (nSPS) is 11.8. The van der Waals surface area contributed by atoms with Crippen LogP contribution in [0.3, 0.4) is 0 Å². The number of primary amides is 1. The van der Waals surface area contributed by atoms with Crippen molar-refractivity contribution in [2.75, 3.05) is 17.7 Å². The second kappa shape index (κ2) is 9.64. The summed E-state index contributed by atoms with van der Waals surface area (Å²) in [7, 11) is 0. The third-order valence-corrected chi connectivity index (χ3v) is 6.08. The van der Waals surface area contributed by atoms with E-state index in [4.69, 9.17) is 10.5 Å². The van der Waals surface area contributed by atoms with E-state index in [1.54, 1.807) is 13.0 Å². The Balaban J connectivity index is 1.93. The zero-order valence-corrected chi connectivity index (χ0v) is 16.2. The Morgan fingerprint density at radius 1 is 1.32 bits per heavy atom. The number of amides is 2. The molecule has 1 atom stereocenters. The standard InChI is InChI=1S/C15H18N4O3S3/c1-3-22-11-7-5-4-6-10(11)17-13(21)9(2)24-15-19-18-14(25-15)23-8-12(16)20/h4-7,9H,3,8H2,1-2H3,(H2,16,20)(H,17,21). The number of nitrogens with one attached hydrogen (secondary N) is 1. The predicted octanol–water partition coefficient (Wildman–Crippen LogP) is 2.63. The van der Waals surface area contributed by atoms with Gasteiger partial charge in [-0.3, -0.25) is 9.59 Å². The van der Waals surface area contributed by atoms with E-state index < -0.39 is 5.91 Å². The largest absolute Gasteiger partial charge is 0.492 e. The number of thioether (sulfide) groups is 2. The van der Waals surface area contributed by atoms with Crippen molar-refractivity contribution in [2.45, 2.75) is 27.8 Å². The molecule has 0 saturated heterocycles. The van der Waals surface area contributed by atoms with Crippen LogP contribution in [0.25, 0.3) is 0 Å². The van der Waals surface area contributed by atoms with Crippen LogP contribution in [-0.4, -0.2) is 39.6 Å². The molecule has 134 valence electrons. The van der Waals surface area contributed by atoms with Gasteiger partial charge >= 0.3 is 0 Å². The summed E-state index contributed by atoms with van der Waals surface area (Å²) in [6.45, 7) is 4.20. The van der Waals surface area contributed by atoms with Gasteiger partial charge in [-0.2, -0.15) is 0 Å². The SMILES string of the molecule is CCOc1ccccc1NC(=O)C(C)Sc1nnc(SCC(N)=O)s1. The van der Waals surface area contributed by atoms with Gasteiger partial charge in [-0.05, 0) is 26.0 Å². The Morgan fingerprint density at radius 2 is 2.04 bits per heavy atom. The lowest BCUT2D eigenvalue weighted by molar-refractivity contribution is -0.116. The summed E-state index contributed by atoms with van der Waals surface area (Å²) >= 11 is 3.87. The predicted molar refractivity (Wildman–Crippen MR) is 101 cm³/mol. The molecule has 0 aliphatic heterocycles. The number of benzene rings is 1. The van der Waals surface area contributed by atoms with Crippen LogP contribution in [0.1, 0.15) is 13.8 Å². The van der Waals surface area contributed by atoms with Gasteiger partial charge in [0.1, 0.15) is 5.75 Å². The second-order valence-corrected chi connectivity index (χ2v) is 8.56. The number of aromatic nitrogens is 2. The van der Waals surface area contributed by atoms with E-state index in [0.717, 1.165) is 0 Å². The van der Waals surface area contributed by atoms with Crippen LogP contribution >= 0.6 is 34.9 Å². The number of para-hydroxylation sites is 2. The first-order valence-corrected chi connectivity index (χ1v) is 10.1. The smallest absolute Gasteiger partial charge is 0.237 e. The molecular formula is C15H18N4O3S3. The molecule has 0 saturated carbocycles. The summed E-state index contributed by atoms with van der Waals surface area (Å²) in [4.78, 5) is 23.2. The van der Waals surface area contributed by atoms with Crippen LogP contribution in [0, 0.1) is 0 Å². The van der Waals surface area contributed by atoms with Crippen LogP contribution in [-0.2, 0) is 9.59 Å². The zero-order chi connectivity index (χ0) is 18.2. The minimum absolute atomic E-state index is 0.154. The molecule has 0 fully saturated rings. The monoisotopic (exact) mass is 398 g/mol. The number of hydrogen-bond donors (Lipinski definition) is 2. The van der Waals surface area contributed by atoms with Crippen LogP contribution in [0.5, 0.6) is 5.75 Å². The maximum Gasteiger partial charge on any atom is 0.237 e. The first kappa shape index (κ1) is 19.5. The van der Waals surface area contributed by atoms with Crippen LogP contribution in [0.15, 0.2) is 32.9 Å². The summed E-state index contributed by atoms with van der Waals surface area (Å²) in [5, 5.41) is 10.5. The Bertz CT molecular complexity index is 738. The number of anilines is 1. The lowest BCUT2D eigenvalue weighted by atomic mass is 10.3. The fourth-order valence-electron chi connectivity index (χ4n) is 1.73. The molecule has 0 spiro atoms. The number of carbonyl (C=O) groups excluding carboxylic acids is 2. The minimum Gasteiger partial charge on any atom is -0.492 e. The average Bonchev–Trinajstić information content (AvgIpc) is 3.02. The van der Waals surface area contributed by atoms with Crippen molar-refractivity contribution < 1.29 is 14.3 Å². The van der Waals surface area contributed by atoms with Crippen molar-refractivity contribution in [1.82, 2.24) is 10.2 Å². The lowest BCUT2D eigenvalue weighted by Crippen LogP contribution is -2.22. The lowest BCUT2D eigenvalue weighted by Gasteiger charge is -2.13. The van der Waals surface area contributed by atoms with E-state index in [0.29, 0.717) is 26.7 Å². The van der Waals surface area contributed by atoms with Gasteiger partial charge in [0.25, 0.3) is 0 Å². The highest BCUT2D eigenvalue weighted by atomic mass is 32.2. The summed E-state index contributed by atoms with van der Waals surface area (Å²) in [5.74, 6) is 0.231. The molecule has 1 heterocycles. The summed E-state index contributed by atoms with van der Waals surface area (Å²) in [6, 6.07) is 7.29. The van der Waals surface area contributed by atoms with Gasteiger partial charge in [0.2, 0.25) is 11.8 Å². The van der Waals surface area contributed by atoms with Gasteiger partial charge in [-0.1, -0.05) is 47.0 Å². The highest BCUT2D eigenvalue weighted by Crippen LogP contribution is 2.32. The van der Waals surface area contributed by atoms with Crippen LogP contribution in [0.2, 0.25) is 0 Å². The van der Waals surface area contributed by atoms with Crippen molar-refractivity contribution >= 4 is 52.4 Å². The molecule has 2 rings (SSSR count). The maximum absolute atomic E-state index is 12.4. The van der Waals surface area contributed by atoms with E-state index in [1.165, 1.54) is 34.9 Å². The number of ether oxygens (including phenoxy) is 1. The highest BCUT2D eigenvalue weighted by Gasteiger charge is 2.19.